The van der Waals surface area contributed by atoms with Gasteiger partial charge in [-0.25, -0.2) is 4.68 Å². The van der Waals surface area contributed by atoms with Crippen LogP contribution in [-0.2, 0) is 0 Å². The first kappa shape index (κ1) is 12.0. The van der Waals surface area contributed by atoms with E-state index in [1.165, 1.54) is 4.68 Å². The Hall–Kier alpha value is -1.42. The second kappa shape index (κ2) is 4.11. The highest BCUT2D eigenvalue weighted by Gasteiger charge is 2.16. The molecule has 0 amide bonds. The van der Waals surface area contributed by atoms with E-state index < -0.39 is 0 Å². The molecule has 0 saturated carbocycles. The molecule has 1 aliphatic carbocycles. The van der Waals surface area contributed by atoms with Gasteiger partial charge < -0.3 is 0 Å². The maximum absolute atomic E-state index is 12.0. The number of rotatable bonds is 1. The summed E-state index contributed by atoms with van der Waals surface area (Å²) < 4.78 is 1.53. The van der Waals surface area contributed by atoms with Crippen LogP contribution in [0.25, 0.3) is 5.70 Å². The van der Waals surface area contributed by atoms with Gasteiger partial charge >= 0.3 is 0 Å². The van der Waals surface area contributed by atoms with Crippen LogP contribution in [0.1, 0.15) is 19.4 Å². The highest BCUT2D eigenvalue weighted by Crippen LogP contribution is 2.25. The lowest BCUT2D eigenvalue weighted by atomic mass is 9.92. The van der Waals surface area contributed by atoms with E-state index in [1.54, 1.807) is 6.92 Å². The van der Waals surface area contributed by atoms with Crippen LogP contribution in [0.3, 0.4) is 0 Å². The lowest BCUT2D eigenvalue weighted by Gasteiger charge is -2.15. The molecule has 3 nitrogen and oxygen atoms in total. The number of aromatic amines is 1. The SMILES string of the molecule is Cc1c(S)[nH]n(C2=CC(C)(C)C=CC=C2)c1=O. The normalized spacial score (nSPS) is 18.0. The van der Waals surface area contributed by atoms with Crippen LogP contribution in [-0.4, -0.2) is 9.78 Å². The molecule has 0 spiro atoms. The third-order valence-electron chi connectivity index (χ3n) is 2.78. The summed E-state index contributed by atoms with van der Waals surface area (Å²) in [6.07, 6.45) is 9.99. The number of nitrogens with one attached hydrogen (secondary N) is 1. The summed E-state index contributed by atoms with van der Waals surface area (Å²) >= 11 is 4.23. The Labute approximate surface area is 106 Å². The van der Waals surface area contributed by atoms with E-state index in [2.05, 4.69) is 43.7 Å². The molecule has 0 fully saturated rings. The van der Waals surface area contributed by atoms with Crippen molar-refractivity contribution < 1.29 is 0 Å². The Balaban J connectivity index is 2.58. The molecule has 0 aromatic carbocycles. The molecule has 2 rings (SSSR count). The molecular formula is C13H16N2OS. The van der Waals surface area contributed by atoms with Gasteiger partial charge in [0.25, 0.3) is 5.56 Å². The average molecular weight is 248 g/mol. The Bertz CT molecular complexity index is 585. The monoisotopic (exact) mass is 248 g/mol. The topological polar surface area (TPSA) is 37.8 Å². The molecule has 4 heteroatoms. The van der Waals surface area contributed by atoms with Gasteiger partial charge in [0, 0.05) is 11.0 Å². The third-order valence-corrected chi connectivity index (χ3v) is 3.21. The average Bonchev–Trinajstić information content (AvgIpc) is 2.43. The number of hydrogen-bond acceptors (Lipinski definition) is 2. The number of H-pyrrole nitrogens is 1. The van der Waals surface area contributed by atoms with Crippen molar-refractivity contribution in [3.63, 3.8) is 0 Å². The molecule has 17 heavy (non-hydrogen) atoms. The molecule has 1 heterocycles. The summed E-state index contributed by atoms with van der Waals surface area (Å²) in [6, 6.07) is 0. The number of allylic oxidation sites excluding steroid dienone is 6. The van der Waals surface area contributed by atoms with Gasteiger partial charge in [-0.3, -0.25) is 9.89 Å². The van der Waals surface area contributed by atoms with E-state index in [0.29, 0.717) is 10.6 Å². The fraction of sp³-hybridized carbons (Fsp3) is 0.308. The molecule has 1 aromatic rings. The van der Waals surface area contributed by atoms with Crippen molar-refractivity contribution in [2.75, 3.05) is 0 Å². The number of aromatic nitrogens is 2. The van der Waals surface area contributed by atoms with E-state index in [4.69, 9.17) is 0 Å². The Morgan fingerprint density at radius 2 is 2.06 bits per heavy atom. The Kier molecular flexibility index (Phi) is 2.91. The summed E-state index contributed by atoms with van der Waals surface area (Å²) in [5.41, 5.74) is 1.35. The predicted octanol–water partition coefficient (Wildman–Crippen LogP) is 2.77. The van der Waals surface area contributed by atoms with Gasteiger partial charge in [-0.2, -0.15) is 0 Å². The molecule has 0 radical (unpaired) electrons. The second-order valence-corrected chi connectivity index (χ2v) is 5.28. The van der Waals surface area contributed by atoms with Crippen molar-refractivity contribution >= 4 is 18.3 Å². The highest BCUT2D eigenvalue weighted by atomic mass is 32.1. The van der Waals surface area contributed by atoms with Gasteiger partial charge in [0.2, 0.25) is 0 Å². The van der Waals surface area contributed by atoms with Crippen LogP contribution < -0.4 is 5.56 Å². The zero-order valence-electron chi connectivity index (χ0n) is 10.2. The number of nitrogens with zero attached hydrogens (tertiary/aromatic N) is 1. The zero-order chi connectivity index (χ0) is 12.6. The molecule has 90 valence electrons. The van der Waals surface area contributed by atoms with Crippen molar-refractivity contribution in [1.82, 2.24) is 9.78 Å². The zero-order valence-corrected chi connectivity index (χ0v) is 11.1. The van der Waals surface area contributed by atoms with E-state index in [9.17, 15) is 4.79 Å². The van der Waals surface area contributed by atoms with Gasteiger partial charge in [-0.15, -0.1) is 12.6 Å². The molecule has 1 aliphatic rings. The van der Waals surface area contributed by atoms with Crippen LogP contribution in [0.15, 0.2) is 40.2 Å². The predicted molar refractivity (Wildman–Crippen MR) is 73.4 cm³/mol. The molecule has 0 bridgehead atoms. The molecule has 0 saturated heterocycles. The minimum absolute atomic E-state index is 0.0522. The van der Waals surface area contributed by atoms with Crippen LogP contribution in [0.5, 0.6) is 0 Å². The summed E-state index contributed by atoms with van der Waals surface area (Å²) in [7, 11) is 0. The molecular weight excluding hydrogens is 232 g/mol. The van der Waals surface area contributed by atoms with Gasteiger partial charge in [0.1, 0.15) is 0 Å². The smallest absolute Gasteiger partial charge is 0.275 e. The van der Waals surface area contributed by atoms with E-state index in [-0.39, 0.29) is 11.0 Å². The molecule has 1 aromatic heterocycles. The molecule has 0 atom stereocenters. The van der Waals surface area contributed by atoms with Gasteiger partial charge in [-0.1, -0.05) is 32.1 Å². The summed E-state index contributed by atoms with van der Waals surface area (Å²) in [5, 5.41) is 3.58. The standard InChI is InChI=1S/C13H16N2OS/c1-9-11(17)14-15(12(9)16)10-6-4-5-7-13(2,3)8-10/h4-8,14,17H,1-3H3. The van der Waals surface area contributed by atoms with Crippen molar-refractivity contribution in [1.29, 1.82) is 0 Å². The lowest BCUT2D eigenvalue weighted by Crippen LogP contribution is -2.17. The van der Waals surface area contributed by atoms with Crippen molar-refractivity contribution in [2.45, 2.75) is 25.8 Å². The van der Waals surface area contributed by atoms with E-state index >= 15 is 0 Å². The minimum atomic E-state index is -0.0753. The second-order valence-electron chi connectivity index (χ2n) is 4.83. The van der Waals surface area contributed by atoms with Gasteiger partial charge in [0.15, 0.2) is 0 Å². The third kappa shape index (κ3) is 2.31. The number of thiol groups is 1. The van der Waals surface area contributed by atoms with Crippen LogP contribution in [0.4, 0.5) is 0 Å². The fourth-order valence-corrected chi connectivity index (χ4v) is 1.96. The van der Waals surface area contributed by atoms with Crippen molar-refractivity contribution in [3.05, 3.63) is 46.3 Å². The number of hydrogen-bond donors (Lipinski definition) is 2. The van der Waals surface area contributed by atoms with Gasteiger partial charge in [0.05, 0.1) is 10.7 Å². The van der Waals surface area contributed by atoms with Crippen LogP contribution in [0.2, 0.25) is 0 Å². The van der Waals surface area contributed by atoms with Gasteiger partial charge in [-0.05, 0) is 19.1 Å². The molecule has 0 unspecified atom stereocenters. The first-order valence-electron chi connectivity index (χ1n) is 5.50. The van der Waals surface area contributed by atoms with Crippen molar-refractivity contribution in [2.24, 2.45) is 5.41 Å². The molecule has 0 aliphatic heterocycles. The maximum Gasteiger partial charge on any atom is 0.275 e. The summed E-state index contributed by atoms with van der Waals surface area (Å²) in [4.78, 5) is 12.0. The molecule has 1 N–H and O–H groups in total. The fourth-order valence-electron chi connectivity index (χ4n) is 1.77. The lowest BCUT2D eigenvalue weighted by molar-refractivity contribution is 0.623. The van der Waals surface area contributed by atoms with E-state index in [1.807, 2.05) is 18.2 Å². The summed E-state index contributed by atoms with van der Waals surface area (Å²) in [5.74, 6) is 0. The van der Waals surface area contributed by atoms with Crippen molar-refractivity contribution in [3.8, 4) is 0 Å². The van der Waals surface area contributed by atoms with Crippen LogP contribution >= 0.6 is 12.6 Å². The highest BCUT2D eigenvalue weighted by molar-refractivity contribution is 7.80. The first-order chi connectivity index (χ1) is 7.91. The van der Waals surface area contributed by atoms with E-state index in [0.717, 1.165) is 5.70 Å². The summed E-state index contributed by atoms with van der Waals surface area (Å²) in [6.45, 7) is 5.96. The Morgan fingerprint density at radius 1 is 1.35 bits per heavy atom. The largest absolute Gasteiger partial charge is 0.284 e. The maximum atomic E-state index is 12.0. The Morgan fingerprint density at radius 3 is 2.65 bits per heavy atom. The van der Waals surface area contributed by atoms with Crippen LogP contribution in [0, 0.1) is 12.3 Å². The quantitative estimate of drug-likeness (QED) is 0.737. The minimum Gasteiger partial charge on any atom is -0.284 e. The first-order valence-corrected chi connectivity index (χ1v) is 5.95.